The Morgan fingerprint density at radius 3 is 3.08 bits per heavy atom. The van der Waals surface area contributed by atoms with Crippen LogP contribution in [0.2, 0.25) is 0 Å². The summed E-state index contributed by atoms with van der Waals surface area (Å²) >= 11 is 1.69. The maximum absolute atomic E-state index is 12.8. The van der Waals surface area contributed by atoms with Crippen LogP contribution < -0.4 is 0 Å². The number of aromatic nitrogens is 4. The zero-order chi connectivity index (χ0) is 16.5. The molecule has 124 valence electrons. The van der Waals surface area contributed by atoms with Gasteiger partial charge in [-0.1, -0.05) is 0 Å². The Bertz CT molecular complexity index is 835. The molecule has 1 fully saturated rings. The van der Waals surface area contributed by atoms with Gasteiger partial charge < -0.3 is 4.90 Å². The molecule has 0 aromatic carbocycles. The van der Waals surface area contributed by atoms with Crippen LogP contribution in [0.4, 0.5) is 0 Å². The number of rotatable bonds is 3. The van der Waals surface area contributed by atoms with Gasteiger partial charge in [-0.2, -0.15) is 10.2 Å². The number of carbonyl (C=O) groups excluding carboxylic acids is 1. The van der Waals surface area contributed by atoms with Crippen LogP contribution >= 0.6 is 11.3 Å². The van der Waals surface area contributed by atoms with Crippen LogP contribution in [0.15, 0.2) is 36.7 Å². The van der Waals surface area contributed by atoms with Crippen molar-refractivity contribution < 1.29 is 4.79 Å². The van der Waals surface area contributed by atoms with Crippen molar-refractivity contribution in [3.63, 3.8) is 0 Å². The Morgan fingerprint density at radius 2 is 2.33 bits per heavy atom. The Balaban J connectivity index is 1.50. The van der Waals surface area contributed by atoms with Gasteiger partial charge in [-0.3, -0.25) is 14.6 Å². The van der Waals surface area contributed by atoms with Crippen LogP contribution in [0.5, 0.6) is 0 Å². The third kappa shape index (κ3) is 2.87. The highest BCUT2D eigenvalue weighted by atomic mass is 32.1. The fraction of sp³-hybridized carbons (Fsp3) is 0.353. The van der Waals surface area contributed by atoms with Crippen LogP contribution in [-0.2, 0) is 0 Å². The molecule has 1 N–H and O–H groups in total. The van der Waals surface area contributed by atoms with Crippen molar-refractivity contribution in [1.29, 1.82) is 0 Å². The number of piperidine rings is 1. The zero-order valence-corrected chi connectivity index (χ0v) is 14.3. The fourth-order valence-corrected chi connectivity index (χ4v) is 3.98. The van der Waals surface area contributed by atoms with Crippen molar-refractivity contribution in [2.24, 2.45) is 0 Å². The molecule has 1 atom stereocenters. The highest BCUT2D eigenvalue weighted by molar-refractivity contribution is 7.15. The lowest BCUT2D eigenvalue weighted by atomic mass is 10.1. The summed E-state index contributed by atoms with van der Waals surface area (Å²) in [4.78, 5) is 17.0. The van der Waals surface area contributed by atoms with Gasteiger partial charge in [0.25, 0.3) is 5.91 Å². The lowest BCUT2D eigenvalue weighted by Gasteiger charge is -2.32. The summed E-state index contributed by atoms with van der Waals surface area (Å²) in [5.74, 6) is -0.0114. The van der Waals surface area contributed by atoms with Crippen molar-refractivity contribution in [3.05, 3.63) is 47.2 Å². The predicted octanol–water partition coefficient (Wildman–Crippen LogP) is 3.12. The second-order valence-corrected chi connectivity index (χ2v) is 7.40. The van der Waals surface area contributed by atoms with E-state index in [4.69, 9.17) is 0 Å². The van der Waals surface area contributed by atoms with Gasteiger partial charge in [-0.05, 0) is 44.0 Å². The van der Waals surface area contributed by atoms with Gasteiger partial charge in [-0.15, -0.1) is 11.3 Å². The normalized spacial score (nSPS) is 18.0. The molecule has 4 rings (SSSR count). The number of H-pyrrole nitrogens is 1. The number of hydrogen-bond acceptors (Lipinski definition) is 4. The molecule has 0 saturated carbocycles. The minimum atomic E-state index is -0.0114. The van der Waals surface area contributed by atoms with E-state index in [1.165, 1.54) is 4.88 Å². The van der Waals surface area contributed by atoms with Crippen molar-refractivity contribution in [2.45, 2.75) is 25.8 Å². The smallest absolute Gasteiger partial charge is 0.274 e. The summed E-state index contributed by atoms with van der Waals surface area (Å²) in [6.07, 6.45) is 5.78. The number of hydrogen-bond donors (Lipinski definition) is 1. The molecule has 7 heteroatoms. The molecule has 3 aromatic rings. The molecule has 0 bridgehead atoms. The number of nitrogens with one attached hydrogen (secondary N) is 1. The van der Waals surface area contributed by atoms with E-state index in [1.807, 2.05) is 27.9 Å². The van der Waals surface area contributed by atoms with Gasteiger partial charge in [-0.25, -0.2) is 0 Å². The number of likely N-dealkylation sites (tertiary alicyclic amines) is 1. The molecular formula is C17H19N5OS. The van der Waals surface area contributed by atoms with Crippen molar-refractivity contribution in [3.8, 4) is 10.6 Å². The van der Waals surface area contributed by atoms with Gasteiger partial charge in [0, 0.05) is 30.4 Å². The van der Waals surface area contributed by atoms with Crippen molar-refractivity contribution >= 4 is 17.2 Å². The molecule has 6 nitrogen and oxygen atoms in total. The molecule has 24 heavy (non-hydrogen) atoms. The summed E-state index contributed by atoms with van der Waals surface area (Å²) in [5, 5.41) is 11.5. The van der Waals surface area contributed by atoms with E-state index in [0.717, 1.165) is 30.0 Å². The first-order valence-electron chi connectivity index (χ1n) is 8.11. The molecule has 0 aliphatic carbocycles. The SMILES string of the molecule is Cc1ccc(-c2cc(C(=O)N3CCC[C@@H](n4cccn4)C3)n[nH]2)s1. The number of carbonyl (C=O) groups is 1. The van der Waals surface area contributed by atoms with Crippen molar-refractivity contribution in [2.75, 3.05) is 13.1 Å². The molecule has 3 aromatic heterocycles. The Hall–Kier alpha value is -2.41. The number of aromatic amines is 1. The second-order valence-electron chi connectivity index (χ2n) is 6.11. The molecule has 4 heterocycles. The summed E-state index contributed by atoms with van der Waals surface area (Å²) in [6.45, 7) is 3.53. The van der Waals surface area contributed by atoms with E-state index >= 15 is 0 Å². The Kier molecular flexibility index (Phi) is 3.93. The van der Waals surface area contributed by atoms with Crippen LogP contribution in [0.1, 0.15) is 34.2 Å². The molecule has 1 saturated heterocycles. The summed E-state index contributed by atoms with van der Waals surface area (Å²) in [5.41, 5.74) is 1.38. The first-order valence-corrected chi connectivity index (χ1v) is 8.93. The highest BCUT2D eigenvalue weighted by Gasteiger charge is 2.27. The second kappa shape index (κ2) is 6.24. The number of aryl methyl sites for hydroxylation is 1. The van der Waals surface area contributed by atoms with Gasteiger partial charge >= 0.3 is 0 Å². The monoisotopic (exact) mass is 341 g/mol. The van der Waals surface area contributed by atoms with Crippen LogP contribution in [0, 0.1) is 6.92 Å². The van der Waals surface area contributed by atoms with E-state index < -0.39 is 0 Å². The molecule has 0 spiro atoms. The maximum atomic E-state index is 12.8. The molecule has 0 radical (unpaired) electrons. The van der Waals surface area contributed by atoms with E-state index in [-0.39, 0.29) is 11.9 Å². The Morgan fingerprint density at radius 1 is 1.42 bits per heavy atom. The first kappa shape index (κ1) is 15.1. The standard InChI is InChI=1S/C17H19N5OS/c1-12-5-6-16(24-12)14-10-15(20-19-14)17(23)21-8-2-4-13(11-21)22-9-3-7-18-22/h3,5-7,9-10,13H,2,4,8,11H2,1H3,(H,19,20)/t13-/m1/s1. The van der Waals surface area contributed by atoms with Crippen molar-refractivity contribution in [1.82, 2.24) is 24.9 Å². The topological polar surface area (TPSA) is 66.8 Å². The molecule has 1 aliphatic heterocycles. The van der Waals surface area contributed by atoms with E-state index in [1.54, 1.807) is 17.5 Å². The molecule has 1 aliphatic rings. The van der Waals surface area contributed by atoms with Gasteiger partial charge in [0.15, 0.2) is 5.69 Å². The average molecular weight is 341 g/mol. The van der Waals surface area contributed by atoms with Crippen LogP contribution in [-0.4, -0.2) is 43.9 Å². The molecule has 1 amide bonds. The highest BCUT2D eigenvalue weighted by Crippen LogP contribution is 2.27. The zero-order valence-electron chi connectivity index (χ0n) is 13.5. The minimum absolute atomic E-state index is 0.0114. The number of amides is 1. The third-order valence-electron chi connectivity index (χ3n) is 4.39. The fourth-order valence-electron chi connectivity index (χ4n) is 3.15. The van der Waals surface area contributed by atoms with E-state index in [2.05, 4.69) is 34.4 Å². The van der Waals surface area contributed by atoms with Gasteiger partial charge in [0.1, 0.15) is 0 Å². The Labute approximate surface area is 144 Å². The lowest BCUT2D eigenvalue weighted by Crippen LogP contribution is -2.41. The average Bonchev–Trinajstić information content (AvgIpc) is 3.35. The van der Waals surface area contributed by atoms with E-state index in [0.29, 0.717) is 12.2 Å². The van der Waals surface area contributed by atoms with Crippen LogP contribution in [0.25, 0.3) is 10.6 Å². The van der Waals surface area contributed by atoms with E-state index in [9.17, 15) is 4.79 Å². The molecular weight excluding hydrogens is 322 g/mol. The molecule has 0 unspecified atom stereocenters. The number of nitrogens with zero attached hydrogens (tertiary/aromatic N) is 4. The van der Waals surface area contributed by atoms with Gasteiger partial charge in [0.05, 0.1) is 16.6 Å². The maximum Gasteiger partial charge on any atom is 0.274 e. The quantitative estimate of drug-likeness (QED) is 0.796. The lowest BCUT2D eigenvalue weighted by molar-refractivity contribution is 0.0667. The number of thiophene rings is 1. The summed E-state index contributed by atoms with van der Waals surface area (Å²) < 4.78 is 1.95. The van der Waals surface area contributed by atoms with Crippen LogP contribution in [0.3, 0.4) is 0 Å². The minimum Gasteiger partial charge on any atom is -0.335 e. The largest absolute Gasteiger partial charge is 0.335 e. The third-order valence-corrected chi connectivity index (χ3v) is 5.42. The summed E-state index contributed by atoms with van der Waals surface area (Å²) in [6, 6.07) is 8.14. The summed E-state index contributed by atoms with van der Waals surface area (Å²) in [7, 11) is 0. The predicted molar refractivity (Wildman–Crippen MR) is 93.0 cm³/mol. The van der Waals surface area contributed by atoms with Gasteiger partial charge in [0.2, 0.25) is 0 Å². The first-order chi connectivity index (χ1) is 11.7.